The van der Waals surface area contributed by atoms with Crippen molar-refractivity contribution in [2.75, 3.05) is 5.32 Å². The lowest BCUT2D eigenvalue weighted by atomic mass is 9.74. The van der Waals surface area contributed by atoms with Crippen molar-refractivity contribution in [1.29, 1.82) is 0 Å². The van der Waals surface area contributed by atoms with Gasteiger partial charge in [0, 0.05) is 5.38 Å². The van der Waals surface area contributed by atoms with E-state index in [2.05, 4.69) is 10.6 Å². The van der Waals surface area contributed by atoms with Crippen LogP contribution in [0.4, 0.5) is 10.5 Å². The molecule has 1 saturated carbocycles. The van der Waals surface area contributed by atoms with Crippen LogP contribution in [0.1, 0.15) is 25.7 Å². The molecule has 0 saturated heterocycles. The van der Waals surface area contributed by atoms with Crippen LogP contribution in [0.25, 0.3) is 0 Å². The van der Waals surface area contributed by atoms with E-state index in [1.54, 1.807) is 6.07 Å². The van der Waals surface area contributed by atoms with Crippen LogP contribution >= 0.6 is 11.3 Å². The fourth-order valence-corrected chi connectivity index (χ4v) is 2.57. The van der Waals surface area contributed by atoms with Crippen molar-refractivity contribution in [1.82, 2.24) is 5.32 Å². The van der Waals surface area contributed by atoms with Crippen molar-refractivity contribution in [3.05, 3.63) is 16.8 Å². The van der Waals surface area contributed by atoms with Gasteiger partial charge in [-0.1, -0.05) is 0 Å². The number of rotatable bonds is 4. The van der Waals surface area contributed by atoms with E-state index in [1.807, 2.05) is 10.8 Å². The molecule has 1 aliphatic carbocycles. The highest BCUT2D eigenvalue weighted by molar-refractivity contribution is 7.08. The van der Waals surface area contributed by atoms with E-state index < -0.39 is 11.5 Å². The summed E-state index contributed by atoms with van der Waals surface area (Å²) in [5, 5.41) is 18.0. The van der Waals surface area contributed by atoms with Crippen LogP contribution in [-0.4, -0.2) is 22.6 Å². The Bertz CT molecular complexity index is 412. The molecule has 6 heteroatoms. The minimum absolute atomic E-state index is 0.00986. The molecule has 1 fully saturated rings. The van der Waals surface area contributed by atoms with Gasteiger partial charge >= 0.3 is 12.0 Å². The van der Waals surface area contributed by atoms with Gasteiger partial charge in [-0.15, -0.1) is 0 Å². The van der Waals surface area contributed by atoms with Gasteiger partial charge in [-0.25, -0.2) is 4.79 Å². The monoisotopic (exact) mass is 254 g/mol. The van der Waals surface area contributed by atoms with Gasteiger partial charge in [0.25, 0.3) is 0 Å². The SMILES string of the molecule is O=C(O)CC1(NC(=O)Nc2ccsc2)CCC1. The topological polar surface area (TPSA) is 78.4 Å². The van der Waals surface area contributed by atoms with E-state index in [-0.39, 0.29) is 12.5 Å². The number of thiophene rings is 1. The van der Waals surface area contributed by atoms with Gasteiger partial charge in [0.05, 0.1) is 17.6 Å². The molecule has 1 aliphatic rings. The highest BCUT2D eigenvalue weighted by Gasteiger charge is 2.40. The largest absolute Gasteiger partial charge is 0.481 e. The summed E-state index contributed by atoms with van der Waals surface area (Å²) in [7, 11) is 0. The van der Waals surface area contributed by atoms with Gasteiger partial charge in [0.15, 0.2) is 0 Å². The summed E-state index contributed by atoms with van der Waals surface area (Å²) in [6.45, 7) is 0. The number of carbonyl (C=O) groups is 2. The molecule has 0 unspecified atom stereocenters. The first kappa shape index (κ1) is 11.9. The van der Waals surface area contributed by atoms with E-state index in [4.69, 9.17) is 5.11 Å². The maximum absolute atomic E-state index is 11.7. The Morgan fingerprint density at radius 3 is 2.71 bits per heavy atom. The summed E-state index contributed by atoms with van der Waals surface area (Å²) in [5.74, 6) is -0.875. The average molecular weight is 254 g/mol. The first-order valence-electron chi connectivity index (χ1n) is 5.43. The predicted octanol–water partition coefficient (Wildman–Crippen LogP) is 2.27. The average Bonchev–Trinajstić information content (AvgIpc) is 2.66. The predicted molar refractivity (Wildman–Crippen MR) is 65.3 cm³/mol. The Balaban J connectivity index is 1.90. The van der Waals surface area contributed by atoms with Gasteiger partial charge in [0.1, 0.15) is 0 Å². The van der Waals surface area contributed by atoms with Crippen molar-refractivity contribution in [3.8, 4) is 0 Å². The van der Waals surface area contributed by atoms with Gasteiger partial charge in [-0.2, -0.15) is 11.3 Å². The van der Waals surface area contributed by atoms with Crippen molar-refractivity contribution in [2.45, 2.75) is 31.2 Å². The molecule has 0 atom stereocenters. The number of amides is 2. The molecule has 2 amide bonds. The van der Waals surface area contributed by atoms with Crippen LogP contribution in [0.2, 0.25) is 0 Å². The lowest BCUT2D eigenvalue weighted by molar-refractivity contribution is -0.139. The summed E-state index contributed by atoms with van der Waals surface area (Å²) in [4.78, 5) is 22.4. The van der Waals surface area contributed by atoms with Crippen LogP contribution in [-0.2, 0) is 4.79 Å². The number of hydrogen-bond donors (Lipinski definition) is 3. The number of hydrogen-bond acceptors (Lipinski definition) is 3. The summed E-state index contributed by atoms with van der Waals surface area (Å²) < 4.78 is 0. The Morgan fingerprint density at radius 1 is 1.47 bits per heavy atom. The van der Waals surface area contributed by atoms with Crippen LogP contribution in [0.3, 0.4) is 0 Å². The highest BCUT2D eigenvalue weighted by atomic mass is 32.1. The number of carboxylic acid groups (broad SMARTS) is 1. The fourth-order valence-electron chi connectivity index (χ4n) is 1.98. The Morgan fingerprint density at radius 2 is 2.24 bits per heavy atom. The highest BCUT2D eigenvalue weighted by Crippen LogP contribution is 2.34. The van der Waals surface area contributed by atoms with Crippen LogP contribution < -0.4 is 10.6 Å². The molecule has 0 aliphatic heterocycles. The Hall–Kier alpha value is -1.56. The molecule has 5 nitrogen and oxygen atoms in total. The molecule has 92 valence electrons. The van der Waals surface area contributed by atoms with Crippen molar-refractivity contribution >= 4 is 29.0 Å². The minimum Gasteiger partial charge on any atom is -0.481 e. The molecule has 0 aromatic carbocycles. The second-order valence-electron chi connectivity index (χ2n) is 4.30. The van der Waals surface area contributed by atoms with Crippen molar-refractivity contribution < 1.29 is 14.7 Å². The van der Waals surface area contributed by atoms with Gasteiger partial charge in [-0.3, -0.25) is 4.79 Å². The Kier molecular flexibility index (Phi) is 3.33. The zero-order chi connectivity index (χ0) is 12.3. The molecule has 3 N–H and O–H groups in total. The number of carboxylic acids is 1. The zero-order valence-electron chi connectivity index (χ0n) is 9.23. The number of urea groups is 1. The van der Waals surface area contributed by atoms with Crippen LogP contribution in [0.5, 0.6) is 0 Å². The summed E-state index contributed by atoms with van der Waals surface area (Å²) in [6, 6.07) is 1.47. The van der Waals surface area contributed by atoms with Crippen molar-refractivity contribution in [2.24, 2.45) is 0 Å². The van der Waals surface area contributed by atoms with E-state index in [0.717, 1.165) is 24.9 Å². The van der Waals surface area contributed by atoms with E-state index >= 15 is 0 Å². The molecule has 0 bridgehead atoms. The normalized spacial score (nSPS) is 16.9. The number of carbonyl (C=O) groups excluding carboxylic acids is 1. The van der Waals surface area contributed by atoms with E-state index in [1.165, 1.54) is 11.3 Å². The van der Waals surface area contributed by atoms with Gasteiger partial charge < -0.3 is 15.7 Å². The third-order valence-corrected chi connectivity index (χ3v) is 3.64. The summed E-state index contributed by atoms with van der Waals surface area (Å²) >= 11 is 1.49. The number of aliphatic carboxylic acids is 1. The summed E-state index contributed by atoms with van der Waals surface area (Å²) in [5.41, 5.74) is 0.184. The van der Waals surface area contributed by atoms with Gasteiger partial charge in [-0.05, 0) is 30.7 Å². The molecule has 2 rings (SSSR count). The first-order valence-corrected chi connectivity index (χ1v) is 6.37. The fraction of sp³-hybridized carbons (Fsp3) is 0.455. The van der Waals surface area contributed by atoms with Gasteiger partial charge in [0.2, 0.25) is 0 Å². The van der Waals surface area contributed by atoms with Crippen LogP contribution in [0, 0.1) is 0 Å². The molecule has 0 spiro atoms. The lowest BCUT2D eigenvalue weighted by Crippen LogP contribution is -2.55. The second kappa shape index (κ2) is 4.75. The number of anilines is 1. The molecule has 0 radical (unpaired) electrons. The van der Waals surface area contributed by atoms with E-state index in [9.17, 15) is 9.59 Å². The maximum atomic E-state index is 11.7. The summed E-state index contributed by atoms with van der Waals surface area (Å²) in [6.07, 6.45) is 2.42. The van der Waals surface area contributed by atoms with E-state index in [0.29, 0.717) is 0 Å². The maximum Gasteiger partial charge on any atom is 0.319 e. The smallest absolute Gasteiger partial charge is 0.319 e. The Labute approximate surface area is 103 Å². The third-order valence-electron chi connectivity index (χ3n) is 2.96. The lowest BCUT2D eigenvalue weighted by Gasteiger charge is -2.41. The molecule has 17 heavy (non-hydrogen) atoms. The molecule has 1 aromatic heterocycles. The van der Waals surface area contributed by atoms with Crippen LogP contribution in [0.15, 0.2) is 16.8 Å². The molecule has 1 heterocycles. The second-order valence-corrected chi connectivity index (χ2v) is 5.08. The first-order chi connectivity index (χ1) is 8.10. The third kappa shape index (κ3) is 2.97. The molecular formula is C11H14N2O3S. The standard InChI is InChI=1S/C11H14N2O3S/c14-9(15)6-11(3-1-4-11)13-10(16)12-8-2-5-17-7-8/h2,5,7H,1,3-4,6H2,(H,14,15)(H2,12,13,16). The quantitative estimate of drug-likeness (QED) is 0.771. The molecule has 1 aromatic rings. The minimum atomic E-state index is -0.875. The zero-order valence-corrected chi connectivity index (χ0v) is 10.0. The van der Waals surface area contributed by atoms with Crippen molar-refractivity contribution in [3.63, 3.8) is 0 Å². The molecular weight excluding hydrogens is 240 g/mol. The number of nitrogens with one attached hydrogen (secondary N) is 2.